The van der Waals surface area contributed by atoms with Crippen molar-refractivity contribution in [3.05, 3.63) is 0 Å². The van der Waals surface area contributed by atoms with Crippen molar-refractivity contribution in [1.29, 1.82) is 0 Å². The van der Waals surface area contributed by atoms with Crippen molar-refractivity contribution in [3.63, 3.8) is 0 Å². The van der Waals surface area contributed by atoms with Gasteiger partial charge < -0.3 is 15.8 Å². The fraction of sp³-hybridized carbons (Fsp3) is 0.889. The molecule has 13 heavy (non-hydrogen) atoms. The van der Waals surface area contributed by atoms with Gasteiger partial charge >= 0.3 is 5.97 Å². The molecule has 0 amide bonds. The van der Waals surface area contributed by atoms with Crippen molar-refractivity contribution in [2.24, 2.45) is 11.7 Å². The van der Waals surface area contributed by atoms with Gasteiger partial charge in [-0.2, -0.15) is 0 Å². The van der Waals surface area contributed by atoms with Crippen molar-refractivity contribution in [2.75, 3.05) is 20.2 Å². The maximum Gasteiger partial charge on any atom is 0.322 e. The minimum absolute atomic E-state index is 0.341. The summed E-state index contributed by atoms with van der Waals surface area (Å²) in [5.41, 5.74) is 5.53. The second kappa shape index (κ2) is 6.86. The summed E-state index contributed by atoms with van der Waals surface area (Å²) in [6.07, 6.45) is 0.624. The molecule has 78 valence electrons. The number of ether oxygens (including phenoxy) is 1. The number of hydrogen-bond donors (Lipinski definition) is 2. The number of nitrogens with two attached hydrogens (primary N) is 1. The highest BCUT2D eigenvalue weighted by atomic mass is 16.5. The molecule has 4 nitrogen and oxygen atoms in total. The van der Waals surface area contributed by atoms with Gasteiger partial charge in [0, 0.05) is 0 Å². The van der Waals surface area contributed by atoms with E-state index in [1.807, 2.05) is 0 Å². The van der Waals surface area contributed by atoms with Crippen molar-refractivity contribution in [2.45, 2.75) is 26.3 Å². The Balaban J connectivity index is 3.37. The van der Waals surface area contributed by atoms with Crippen LogP contribution in [-0.2, 0) is 9.53 Å². The third-order valence-electron chi connectivity index (χ3n) is 1.69. The monoisotopic (exact) mass is 188 g/mol. The van der Waals surface area contributed by atoms with Gasteiger partial charge in [-0.1, -0.05) is 13.8 Å². The third-order valence-corrected chi connectivity index (χ3v) is 1.69. The van der Waals surface area contributed by atoms with Gasteiger partial charge in [0.15, 0.2) is 0 Å². The first-order valence-electron chi connectivity index (χ1n) is 4.62. The van der Waals surface area contributed by atoms with Crippen LogP contribution in [0.4, 0.5) is 0 Å². The number of rotatable bonds is 6. The molecule has 3 N–H and O–H groups in total. The third kappa shape index (κ3) is 6.54. The Morgan fingerprint density at radius 1 is 1.54 bits per heavy atom. The zero-order valence-electron chi connectivity index (χ0n) is 8.67. The number of carbonyl (C=O) groups excluding carboxylic acids is 1. The summed E-state index contributed by atoms with van der Waals surface area (Å²) in [5.74, 6) is 0.278. The van der Waals surface area contributed by atoms with Crippen molar-refractivity contribution < 1.29 is 9.53 Å². The van der Waals surface area contributed by atoms with Crippen LogP contribution < -0.4 is 11.1 Å². The fourth-order valence-corrected chi connectivity index (χ4v) is 0.918. The first-order valence-corrected chi connectivity index (χ1v) is 4.62. The Morgan fingerprint density at radius 2 is 2.15 bits per heavy atom. The highest BCUT2D eigenvalue weighted by molar-refractivity contribution is 5.75. The quantitative estimate of drug-likeness (QED) is 0.459. The lowest BCUT2D eigenvalue weighted by molar-refractivity contribution is -0.142. The smallest absolute Gasteiger partial charge is 0.322 e. The van der Waals surface area contributed by atoms with Gasteiger partial charge in [0.25, 0.3) is 0 Å². The minimum atomic E-state index is -0.496. The summed E-state index contributed by atoms with van der Waals surface area (Å²) in [6.45, 7) is 5.98. The van der Waals surface area contributed by atoms with E-state index in [0.29, 0.717) is 12.3 Å². The molecule has 0 saturated carbocycles. The maximum atomic E-state index is 10.9. The number of methoxy groups -OCH3 is 1. The van der Waals surface area contributed by atoms with Crippen LogP contribution in [0, 0.1) is 5.92 Å². The van der Waals surface area contributed by atoms with Crippen LogP contribution in [0.25, 0.3) is 0 Å². The highest BCUT2D eigenvalue weighted by Gasteiger charge is 2.12. The predicted octanol–water partition coefficient (Wildman–Crippen LogP) is 0.122. The molecular weight excluding hydrogens is 168 g/mol. The first kappa shape index (κ1) is 12.4. The normalized spacial score (nSPS) is 13.0. The largest absolute Gasteiger partial charge is 0.468 e. The van der Waals surface area contributed by atoms with Crippen LogP contribution in [0.1, 0.15) is 20.3 Å². The summed E-state index contributed by atoms with van der Waals surface area (Å²) in [7, 11) is 1.35. The lowest BCUT2D eigenvalue weighted by Gasteiger charge is -2.10. The minimum Gasteiger partial charge on any atom is -0.468 e. The molecule has 0 rings (SSSR count). The molecule has 0 aliphatic rings. The molecule has 0 fully saturated rings. The molecule has 0 spiro atoms. The van der Waals surface area contributed by atoms with E-state index in [1.165, 1.54) is 7.11 Å². The van der Waals surface area contributed by atoms with Gasteiger partial charge in [0.2, 0.25) is 0 Å². The van der Waals surface area contributed by atoms with E-state index in [0.717, 1.165) is 13.1 Å². The van der Waals surface area contributed by atoms with Crippen LogP contribution in [0.15, 0.2) is 0 Å². The van der Waals surface area contributed by atoms with Crippen molar-refractivity contribution >= 4 is 5.97 Å². The lowest BCUT2D eigenvalue weighted by Crippen LogP contribution is -2.35. The Morgan fingerprint density at radius 3 is 2.62 bits per heavy atom. The Hall–Kier alpha value is -0.610. The average Bonchev–Trinajstić information content (AvgIpc) is 2.10. The Bertz CT molecular complexity index is 149. The van der Waals surface area contributed by atoms with Gasteiger partial charge in [-0.05, 0) is 25.4 Å². The van der Waals surface area contributed by atoms with E-state index < -0.39 is 6.04 Å². The highest BCUT2D eigenvalue weighted by Crippen LogP contribution is 1.91. The van der Waals surface area contributed by atoms with Gasteiger partial charge in [0.05, 0.1) is 7.11 Å². The van der Waals surface area contributed by atoms with Crippen molar-refractivity contribution in [3.8, 4) is 0 Å². The van der Waals surface area contributed by atoms with E-state index in [9.17, 15) is 4.79 Å². The molecule has 0 aromatic carbocycles. The average molecular weight is 188 g/mol. The molecule has 1 atom stereocenters. The van der Waals surface area contributed by atoms with Crippen LogP contribution in [0.3, 0.4) is 0 Å². The van der Waals surface area contributed by atoms with Crippen molar-refractivity contribution in [1.82, 2.24) is 5.32 Å². The fourth-order valence-electron chi connectivity index (χ4n) is 0.918. The molecule has 0 heterocycles. The molecular formula is C9H20N2O2. The predicted molar refractivity (Wildman–Crippen MR) is 52.3 cm³/mol. The summed E-state index contributed by atoms with van der Waals surface area (Å²) in [4.78, 5) is 10.9. The SMILES string of the molecule is COC(=O)C(N)CCNCC(C)C. The lowest BCUT2D eigenvalue weighted by atomic mass is 10.2. The number of hydrogen-bond acceptors (Lipinski definition) is 4. The Labute approximate surface area is 79.8 Å². The van der Waals surface area contributed by atoms with Crippen LogP contribution >= 0.6 is 0 Å². The second-order valence-electron chi connectivity index (χ2n) is 3.52. The van der Waals surface area contributed by atoms with Gasteiger partial charge in [0.1, 0.15) is 6.04 Å². The zero-order valence-corrected chi connectivity index (χ0v) is 8.67. The van der Waals surface area contributed by atoms with E-state index in [2.05, 4.69) is 23.9 Å². The van der Waals surface area contributed by atoms with Crippen LogP contribution in [-0.4, -0.2) is 32.2 Å². The molecule has 0 saturated heterocycles. The van der Waals surface area contributed by atoms with Gasteiger partial charge in [-0.3, -0.25) is 4.79 Å². The van der Waals surface area contributed by atoms with E-state index in [-0.39, 0.29) is 5.97 Å². The standard InChI is InChI=1S/C9H20N2O2/c1-7(2)6-11-5-4-8(10)9(12)13-3/h7-8,11H,4-6,10H2,1-3H3. The Kier molecular flexibility index (Phi) is 6.54. The van der Waals surface area contributed by atoms with Crippen LogP contribution in [0.5, 0.6) is 0 Å². The topological polar surface area (TPSA) is 64.3 Å². The van der Waals surface area contributed by atoms with E-state index in [1.54, 1.807) is 0 Å². The second-order valence-corrected chi connectivity index (χ2v) is 3.52. The number of nitrogens with one attached hydrogen (secondary N) is 1. The summed E-state index contributed by atoms with van der Waals surface area (Å²) < 4.78 is 4.50. The molecule has 0 aromatic rings. The first-order chi connectivity index (χ1) is 6.07. The molecule has 0 bridgehead atoms. The molecule has 0 aliphatic heterocycles. The molecule has 0 radical (unpaired) electrons. The maximum absolute atomic E-state index is 10.9. The number of carbonyl (C=O) groups is 1. The zero-order chi connectivity index (χ0) is 10.3. The molecule has 0 aromatic heterocycles. The molecule has 1 unspecified atom stereocenters. The van der Waals surface area contributed by atoms with E-state index in [4.69, 9.17) is 5.73 Å². The number of esters is 1. The van der Waals surface area contributed by atoms with E-state index >= 15 is 0 Å². The van der Waals surface area contributed by atoms with Gasteiger partial charge in [-0.25, -0.2) is 0 Å². The molecule has 0 aliphatic carbocycles. The van der Waals surface area contributed by atoms with Gasteiger partial charge in [-0.15, -0.1) is 0 Å². The summed E-state index contributed by atoms with van der Waals surface area (Å²) in [6, 6.07) is -0.496. The summed E-state index contributed by atoms with van der Waals surface area (Å²) >= 11 is 0. The summed E-state index contributed by atoms with van der Waals surface area (Å²) in [5, 5.41) is 3.21. The van der Waals surface area contributed by atoms with Crippen LogP contribution in [0.2, 0.25) is 0 Å². The molecule has 4 heteroatoms.